The highest BCUT2D eigenvalue weighted by atomic mass is 32.2. The van der Waals surface area contributed by atoms with E-state index in [0.717, 1.165) is 31.6 Å². The molecule has 0 bridgehead atoms. The lowest BCUT2D eigenvalue weighted by Gasteiger charge is -2.11. The van der Waals surface area contributed by atoms with Crippen LogP contribution in [0.5, 0.6) is 0 Å². The number of rotatable bonds is 9. The molecule has 0 fully saturated rings. The summed E-state index contributed by atoms with van der Waals surface area (Å²) in [5.41, 5.74) is 6.50. The second-order valence-corrected chi connectivity index (χ2v) is 7.42. The average Bonchev–Trinajstić information content (AvgIpc) is 2.42. The third-order valence-corrected chi connectivity index (χ3v) is 4.84. The minimum Gasteiger partial charge on any atom is -0.385 e. The Kier molecular flexibility index (Phi) is 7.14. The van der Waals surface area contributed by atoms with Crippen molar-refractivity contribution in [3.8, 4) is 0 Å². The molecule has 21 heavy (non-hydrogen) atoms. The summed E-state index contributed by atoms with van der Waals surface area (Å²) in [4.78, 5) is 0.290. The molecule has 1 atom stereocenters. The molecule has 1 unspecified atom stereocenters. The van der Waals surface area contributed by atoms with E-state index in [9.17, 15) is 8.42 Å². The number of sulfonamides is 1. The minimum absolute atomic E-state index is 0.114. The van der Waals surface area contributed by atoms with Crippen molar-refractivity contribution >= 4 is 15.7 Å². The van der Waals surface area contributed by atoms with Crippen LogP contribution >= 0.6 is 0 Å². The second kappa shape index (κ2) is 8.36. The minimum atomic E-state index is -3.41. The summed E-state index contributed by atoms with van der Waals surface area (Å²) < 4.78 is 26.5. The Balaban J connectivity index is 2.51. The lowest BCUT2D eigenvalue weighted by Crippen LogP contribution is -2.30. The SMILES string of the molecule is CC(CN)CCCNc1ccc(S(=O)(=O)NC(C)C)cc1. The van der Waals surface area contributed by atoms with E-state index in [4.69, 9.17) is 5.73 Å². The van der Waals surface area contributed by atoms with E-state index in [0.29, 0.717) is 10.8 Å². The third-order valence-electron chi connectivity index (χ3n) is 3.16. The van der Waals surface area contributed by atoms with Gasteiger partial charge < -0.3 is 11.1 Å². The molecule has 1 aromatic carbocycles. The second-order valence-electron chi connectivity index (χ2n) is 5.71. The summed E-state index contributed by atoms with van der Waals surface area (Å²) in [6.45, 7) is 7.32. The summed E-state index contributed by atoms with van der Waals surface area (Å²) in [6, 6.07) is 6.71. The van der Waals surface area contributed by atoms with E-state index in [-0.39, 0.29) is 6.04 Å². The normalized spacial score (nSPS) is 13.4. The predicted octanol–water partition coefficient (Wildman–Crippen LogP) is 2.16. The van der Waals surface area contributed by atoms with Gasteiger partial charge in [-0.2, -0.15) is 0 Å². The highest BCUT2D eigenvalue weighted by Gasteiger charge is 2.14. The molecule has 1 rings (SSSR count). The fourth-order valence-corrected chi connectivity index (χ4v) is 3.18. The van der Waals surface area contributed by atoms with Gasteiger partial charge in [0, 0.05) is 18.3 Å². The Labute approximate surface area is 128 Å². The summed E-state index contributed by atoms with van der Waals surface area (Å²) in [5, 5.41) is 3.29. The molecular formula is C15H27N3O2S. The van der Waals surface area contributed by atoms with Gasteiger partial charge in [-0.1, -0.05) is 6.92 Å². The number of benzene rings is 1. The van der Waals surface area contributed by atoms with E-state index in [1.54, 1.807) is 38.1 Å². The standard InChI is InChI=1S/C15H27N3O2S/c1-12(2)18-21(19,20)15-8-6-14(7-9-15)17-10-4-5-13(3)11-16/h6-9,12-13,17-18H,4-5,10-11,16H2,1-3H3. The monoisotopic (exact) mass is 313 g/mol. The smallest absolute Gasteiger partial charge is 0.240 e. The first kappa shape index (κ1) is 17.9. The van der Waals surface area contributed by atoms with Crippen LogP contribution < -0.4 is 15.8 Å². The van der Waals surface area contributed by atoms with Crippen LogP contribution in [0.25, 0.3) is 0 Å². The molecule has 120 valence electrons. The summed E-state index contributed by atoms with van der Waals surface area (Å²) in [6.07, 6.45) is 2.14. The van der Waals surface area contributed by atoms with Crippen LogP contribution in [0, 0.1) is 5.92 Å². The van der Waals surface area contributed by atoms with Gasteiger partial charge in [-0.25, -0.2) is 13.1 Å². The summed E-state index contributed by atoms with van der Waals surface area (Å²) in [5.74, 6) is 0.543. The molecule has 0 aromatic heterocycles. The van der Waals surface area contributed by atoms with Gasteiger partial charge in [0.25, 0.3) is 0 Å². The number of nitrogens with two attached hydrogens (primary N) is 1. The molecule has 0 aliphatic heterocycles. The molecule has 0 radical (unpaired) electrons. The van der Waals surface area contributed by atoms with Gasteiger partial charge in [-0.05, 0) is 63.4 Å². The number of anilines is 1. The van der Waals surface area contributed by atoms with Crippen molar-refractivity contribution in [3.63, 3.8) is 0 Å². The number of hydrogen-bond acceptors (Lipinski definition) is 4. The first-order valence-electron chi connectivity index (χ1n) is 7.41. The molecule has 0 saturated carbocycles. The fourth-order valence-electron chi connectivity index (χ4n) is 1.93. The lowest BCUT2D eigenvalue weighted by molar-refractivity contribution is 0.529. The summed E-state index contributed by atoms with van der Waals surface area (Å²) >= 11 is 0. The van der Waals surface area contributed by atoms with Crippen molar-refractivity contribution < 1.29 is 8.42 Å². The van der Waals surface area contributed by atoms with E-state index >= 15 is 0 Å². The van der Waals surface area contributed by atoms with Crippen molar-refractivity contribution in [2.45, 2.75) is 44.6 Å². The molecule has 0 heterocycles. The van der Waals surface area contributed by atoms with Crippen LogP contribution in [0.3, 0.4) is 0 Å². The van der Waals surface area contributed by atoms with E-state index in [2.05, 4.69) is 17.0 Å². The quantitative estimate of drug-likeness (QED) is 0.610. The van der Waals surface area contributed by atoms with Crippen LogP contribution in [0.15, 0.2) is 29.2 Å². The zero-order chi connectivity index (χ0) is 15.9. The zero-order valence-corrected chi connectivity index (χ0v) is 13.9. The van der Waals surface area contributed by atoms with Gasteiger partial charge >= 0.3 is 0 Å². The van der Waals surface area contributed by atoms with Crippen molar-refractivity contribution in [3.05, 3.63) is 24.3 Å². The van der Waals surface area contributed by atoms with Gasteiger partial charge in [-0.3, -0.25) is 0 Å². The Hall–Kier alpha value is -1.11. The van der Waals surface area contributed by atoms with Crippen molar-refractivity contribution in [2.24, 2.45) is 11.7 Å². The maximum absolute atomic E-state index is 12.0. The Bertz CT molecular complexity index is 512. The average molecular weight is 313 g/mol. The van der Waals surface area contributed by atoms with E-state index in [1.807, 2.05) is 0 Å². The molecule has 1 aromatic rings. The molecule has 0 spiro atoms. The maximum Gasteiger partial charge on any atom is 0.240 e. The highest BCUT2D eigenvalue weighted by molar-refractivity contribution is 7.89. The van der Waals surface area contributed by atoms with Gasteiger partial charge in [0.15, 0.2) is 0 Å². The summed E-state index contributed by atoms with van der Waals surface area (Å²) in [7, 11) is -3.41. The lowest BCUT2D eigenvalue weighted by atomic mass is 10.1. The Morgan fingerprint density at radius 3 is 2.29 bits per heavy atom. The van der Waals surface area contributed by atoms with E-state index in [1.165, 1.54) is 0 Å². The molecule has 4 N–H and O–H groups in total. The zero-order valence-electron chi connectivity index (χ0n) is 13.1. The topological polar surface area (TPSA) is 84.2 Å². The number of hydrogen-bond donors (Lipinski definition) is 3. The van der Waals surface area contributed by atoms with Crippen LogP contribution in [0.4, 0.5) is 5.69 Å². The number of nitrogens with one attached hydrogen (secondary N) is 2. The van der Waals surface area contributed by atoms with Crippen LogP contribution in [0.2, 0.25) is 0 Å². The van der Waals surface area contributed by atoms with Crippen molar-refractivity contribution in [1.82, 2.24) is 4.72 Å². The molecule has 0 saturated heterocycles. The van der Waals surface area contributed by atoms with Gasteiger partial charge in [-0.15, -0.1) is 0 Å². The predicted molar refractivity (Wildman–Crippen MR) is 87.8 cm³/mol. The van der Waals surface area contributed by atoms with Gasteiger partial charge in [0.05, 0.1) is 4.90 Å². The Morgan fingerprint density at radius 1 is 1.14 bits per heavy atom. The third kappa shape index (κ3) is 6.46. The molecule has 0 amide bonds. The highest BCUT2D eigenvalue weighted by Crippen LogP contribution is 2.14. The van der Waals surface area contributed by atoms with Crippen LogP contribution in [0.1, 0.15) is 33.6 Å². The first-order valence-corrected chi connectivity index (χ1v) is 8.90. The molecule has 5 nitrogen and oxygen atoms in total. The van der Waals surface area contributed by atoms with Crippen molar-refractivity contribution in [2.75, 3.05) is 18.4 Å². The fraction of sp³-hybridized carbons (Fsp3) is 0.600. The van der Waals surface area contributed by atoms with E-state index < -0.39 is 10.0 Å². The first-order chi connectivity index (χ1) is 9.85. The van der Waals surface area contributed by atoms with Crippen LogP contribution in [-0.4, -0.2) is 27.5 Å². The maximum atomic E-state index is 12.0. The van der Waals surface area contributed by atoms with Crippen LogP contribution in [-0.2, 0) is 10.0 Å². The molecule has 0 aliphatic carbocycles. The van der Waals surface area contributed by atoms with Gasteiger partial charge in [0.1, 0.15) is 0 Å². The molecule has 0 aliphatic rings. The van der Waals surface area contributed by atoms with Gasteiger partial charge in [0.2, 0.25) is 10.0 Å². The van der Waals surface area contributed by atoms with Crippen molar-refractivity contribution in [1.29, 1.82) is 0 Å². The largest absolute Gasteiger partial charge is 0.385 e. The Morgan fingerprint density at radius 2 is 1.76 bits per heavy atom. The molecule has 6 heteroatoms. The molecular weight excluding hydrogens is 286 g/mol.